The van der Waals surface area contributed by atoms with Gasteiger partial charge in [0.1, 0.15) is 0 Å². The summed E-state index contributed by atoms with van der Waals surface area (Å²) < 4.78 is 0. The van der Waals surface area contributed by atoms with Crippen molar-refractivity contribution in [3.05, 3.63) is 118 Å². The van der Waals surface area contributed by atoms with Crippen molar-refractivity contribution in [2.24, 2.45) is 0 Å². The van der Waals surface area contributed by atoms with Gasteiger partial charge in [0.15, 0.2) is 0 Å². The molecule has 2 aliphatic rings. The van der Waals surface area contributed by atoms with Crippen LogP contribution in [0.25, 0.3) is 52.5 Å². The summed E-state index contributed by atoms with van der Waals surface area (Å²) in [7, 11) is 0. The van der Waals surface area contributed by atoms with Crippen LogP contribution in [0.3, 0.4) is 0 Å². The van der Waals surface area contributed by atoms with Gasteiger partial charge < -0.3 is 0 Å². The second-order valence-corrected chi connectivity index (χ2v) is 12.4. The zero-order valence-electron chi connectivity index (χ0n) is 20.3. The average Bonchev–Trinajstić information content (AvgIpc) is 3.52. The van der Waals surface area contributed by atoms with E-state index < -0.39 is 0 Å². The van der Waals surface area contributed by atoms with Crippen molar-refractivity contribution in [2.45, 2.75) is 26.7 Å². The Morgan fingerprint density at radius 2 is 0.889 bits per heavy atom. The zero-order chi connectivity index (χ0) is 24.0. The minimum atomic E-state index is 1.02. The predicted octanol–water partition coefficient (Wildman–Crippen LogP) is 10.1. The van der Waals surface area contributed by atoms with Crippen molar-refractivity contribution in [1.82, 2.24) is 0 Å². The third kappa shape index (κ3) is 2.98. The number of aryl methyl sites for hydroxylation is 2. The minimum absolute atomic E-state index is 1.02. The van der Waals surface area contributed by atoms with Gasteiger partial charge in [0.05, 0.1) is 0 Å². The molecule has 0 unspecified atom stereocenters. The zero-order valence-corrected chi connectivity index (χ0v) is 21.9. The van der Waals surface area contributed by atoms with E-state index in [9.17, 15) is 0 Å². The second kappa shape index (κ2) is 7.52. The third-order valence-corrected chi connectivity index (χ3v) is 10.4. The highest BCUT2D eigenvalue weighted by Crippen LogP contribution is 2.52. The van der Waals surface area contributed by atoms with E-state index in [1.807, 2.05) is 22.7 Å². The molecule has 0 spiro atoms. The first-order valence-electron chi connectivity index (χ1n) is 12.6. The van der Waals surface area contributed by atoms with Crippen molar-refractivity contribution in [3.63, 3.8) is 0 Å². The van der Waals surface area contributed by atoms with E-state index in [0.717, 1.165) is 12.8 Å². The predicted molar refractivity (Wildman–Crippen MR) is 157 cm³/mol. The first-order valence-corrected chi connectivity index (χ1v) is 14.2. The molecule has 0 saturated heterocycles. The Labute approximate surface area is 219 Å². The Hall–Kier alpha value is -3.46. The van der Waals surface area contributed by atoms with Crippen molar-refractivity contribution in [2.75, 3.05) is 0 Å². The first-order chi connectivity index (χ1) is 17.6. The van der Waals surface area contributed by atoms with Gasteiger partial charge in [0, 0.05) is 30.6 Å². The summed E-state index contributed by atoms with van der Waals surface area (Å²) in [5.41, 5.74) is 14.0. The molecule has 0 nitrogen and oxygen atoms in total. The SMILES string of the molecule is Cc1ccc(-c2cc3c(s2)-c2ccc4c5c(ccc(c25)C3)-c2sc(-c3ccc(C)cc3)cc2C4)cc1. The topological polar surface area (TPSA) is 0 Å². The summed E-state index contributed by atoms with van der Waals surface area (Å²) in [5.74, 6) is 0. The molecule has 6 aromatic rings. The molecule has 36 heavy (non-hydrogen) atoms. The lowest BCUT2D eigenvalue weighted by Crippen LogP contribution is -2.04. The quantitative estimate of drug-likeness (QED) is 0.223. The van der Waals surface area contributed by atoms with Crippen LogP contribution >= 0.6 is 22.7 Å². The average molecular weight is 497 g/mol. The molecule has 2 heterocycles. The van der Waals surface area contributed by atoms with Crippen molar-refractivity contribution >= 4 is 33.4 Å². The summed E-state index contributed by atoms with van der Waals surface area (Å²) in [4.78, 5) is 5.67. The van der Waals surface area contributed by atoms with Gasteiger partial charge in [-0.05, 0) is 83.0 Å². The van der Waals surface area contributed by atoms with E-state index in [1.165, 1.54) is 85.9 Å². The molecule has 2 aliphatic carbocycles. The Kier molecular flexibility index (Phi) is 4.33. The summed E-state index contributed by atoms with van der Waals surface area (Å²) >= 11 is 3.92. The molecule has 8 rings (SSSR count). The summed E-state index contributed by atoms with van der Waals surface area (Å²) in [6, 6.07) is 32.4. The van der Waals surface area contributed by atoms with E-state index >= 15 is 0 Å². The van der Waals surface area contributed by atoms with E-state index in [0.29, 0.717) is 0 Å². The van der Waals surface area contributed by atoms with Crippen LogP contribution in [0, 0.1) is 13.8 Å². The van der Waals surface area contributed by atoms with Gasteiger partial charge in [0.25, 0.3) is 0 Å². The molecule has 0 aliphatic heterocycles. The molecule has 2 aromatic heterocycles. The van der Waals surface area contributed by atoms with Gasteiger partial charge in [-0.1, -0.05) is 83.9 Å². The summed E-state index contributed by atoms with van der Waals surface area (Å²) in [5, 5.41) is 2.98. The molecular formula is C34H24S2. The van der Waals surface area contributed by atoms with Crippen LogP contribution in [0.1, 0.15) is 33.4 Å². The van der Waals surface area contributed by atoms with Gasteiger partial charge in [-0.15, -0.1) is 22.7 Å². The largest absolute Gasteiger partial charge is 0.135 e. The third-order valence-electron chi connectivity index (χ3n) is 7.87. The van der Waals surface area contributed by atoms with Crippen LogP contribution in [0.5, 0.6) is 0 Å². The molecule has 0 amide bonds. The molecule has 4 aromatic carbocycles. The lowest BCUT2D eigenvalue weighted by molar-refractivity contribution is 1.19. The van der Waals surface area contributed by atoms with E-state index in [4.69, 9.17) is 0 Å². The van der Waals surface area contributed by atoms with E-state index in [2.05, 4.69) is 98.8 Å². The van der Waals surface area contributed by atoms with Crippen molar-refractivity contribution < 1.29 is 0 Å². The number of rotatable bonds is 2. The van der Waals surface area contributed by atoms with Crippen LogP contribution in [0.15, 0.2) is 84.9 Å². The Balaban J connectivity index is 1.30. The molecule has 0 N–H and O–H groups in total. The fourth-order valence-electron chi connectivity index (χ4n) is 6.02. The van der Waals surface area contributed by atoms with Crippen molar-refractivity contribution in [1.29, 1.82) is 0 Å². The van der Waals surface area contributed by atoms with Crippen LogP contribution in [-0.4, -0.2) is 0 Å². The molecule has 0 saturated carbocycles. The van der Waals surface area contributed by atoms with Gasteiger partial charge >= 0.3 is 0 Å². The maximum atomic E-state index is 2.43. The van der Waals surface area contributed by atoms with Gasteiger partial charge in [0.2, 0.25) is 0 Å². The Morgan fingerprint density at radius 3 is 1.31 bits per heavy atom. The molecule has 2 heteroatoms. The van der Waals surface area contributed by atoms with E-state index in [1.54, 1.807) is 0 Å². The number of fused-ring (bicyclic) bond motifs is 4. The fourth-order valence-corrected chi connectivity index (χ4v) is 8.45. The minimum Gasteiger partial charge on any atom is -0.135 e. The molecular weight excluding hydrogens is 473 g/mol. The van der Waals surface area contributed by atoms with Gasteiger partial charge in [-0.3, -0.25) is 0 Å². The van der Waals surface area contributed by atoms with E-state index in [-0.39, 0.29) is 0 Å². The van der Waals surface area contributed by atoms with Crippen LogP contribution in [0.2, 0.25) is 0 Å². The van der Waals surface area contributed by atoms with Crippen LogP contribution in [0.4, 0.5) is 0 Å². The highest BCUT2D eigenvalue weighted by atomic mass is 32.1. The number of thiophene rings is 2. The highest BCUT2D eigenvalue weighted by molar-refractivity contribution is 7.19. The number of benzene rings is 4. The monoisotopic (exact) mass is 496 g/mol. The lowest BCUT2D eigenvalue weighted by atomic mass is 9.80. The number of hydrogen-bond acceptors (Lipinski definition) is 2. The standard InChI is InChI=1S/C34H24S2/c1-19-3-7-21(8-4-19)29-17-25-15-23-12-14-28-32-24(11-13-27(31(23)32)33(25)35-29)16-26-18-30(36-34(26)28)22-9-5-20(2)6-10-22/h3-14,17-18H,15-16H2,1-2H3. The smallest absolute Gasteiger partial charge is 0.0391 e. The van der Waals surface area contributed by atoms with Crippen molar-refractivity contribution in [3.8, 4) is 41.8 Å². The lowest BCUT2D eigenvalue weighted by Gasteiger charge is -2.24. The number of hydrogen-bond donors (Lipinski definition) is 0. The van der Waals surface area contributed by atoms with Crippen LogP contribution in [-0.2, 0) is 12.8 Å². The maximum Gasteiger partial charge on any atom is 0.0391 e. The molecule has 0 radical (unpaired) electrons. The highest BCUT2D eigenvalue weighted by Gasteiger charge is 2.28. The van der Waals surface area contributed by atoms with Crippen LogP contribution < -0.4 is 0 Å². The Bertz CT molecular complexity index is 1690. The molecule has 0 bridgehead atoms. The second-order valence-electron chi connectivity index (χ2n) is 10.3. The first kappa shape index (κ1) is 20.7. The molecule has 0 fully saturated rings. The summed E-state index contributed by atoms with van der Waals surface area (Å²) in [6.45, 7) is 4.31. The van der Waals surface area contributed by atoms with Gasteiger partial charge in [-0.25, -0.2) is 0 Å². The maximum absolute atomic E-state index is 2.43. The molecule has 0 atom stereocenters. The molecule has 172 valence electrons. The normalized spacial score (nSPS) is 13.1. The fraction of sp³-hybridized carbons (Fsp3) is 0.118. The van der Waals surface area contributed by atoms with Gasteiger partial charge in [-0.2, -0.15) is 0 Å². The Morgan fingerprint density at radius 1 is 0.472 bits per heavy atom. The summed E-state index contributed by atoms with van der Waals surface area (Å²) in [6.07, 6.45) is 2.05.